The number of aryl methyl sites for hydroxylation is 1. The van der Waals surface area contributed by atoms with Crippen molar-refractivity contribution in [3.63, 3.8) is 0 Å². The van der Waals surface area contributed by atoms with Crippen LogP contribution in [0.1, 0.15) is 45.1 Å². The predicted octanol–water partition coefficient (Wildman–Crippen LogP) is 3.24. The van der Waals surface area contributed by atoms with E-state index in [0.29, 0.717) is 4.90 Å². The number of benzene rings is 1. The number of unbranched alkanes of at least 4 members (excludes halogenated alkanes) is 2. The molecule has 1 aromatic rings. The van der Waals surface area contributed by atoms with Gasteiger partial charge in [0.2, 0.25) is 10.0 Å². The molecule has 3 nitrogen and oxygen atoms in total. The van der Waals surface area contributed by atoms with Gasteiger partial charge in [-0.15, -0.1) is 0 Å². The maximum Gasteiger partial charge on any atom is 0.240 e. The van der Waals surface area contributed by atoms with Crippen LogP contribution in [-0.2, 0) is 10.0 Å². The smallest absolute Gasteiger partial charge is 0.208 e. The minimum Gasteiger partial charge on any atom is -0.208 e. The van der Waals surface area contributed by atoms with E-state index in [0.717, 1.165) is 31.2 Å². The summed E-state index contributed by atoms with van der Waals surface area (Å²) in [5.41, 5.74) is 1.06. The zero-order valence-electron chi connectivity index (χ0n) is 11.4. The summed E-state index contributed by atoms with van der Waals surface area (Å²) in [5.74, 6) is 0. The van der Waals surface area contributed by atoms with Crippen molar-refractivity contribution in [2.75, 3.05) is 0 Å². The first kappa shape index (κ1) is 15.2. The van der Waals surface area contributed by atoms with E-state index in [9.17, 15) is 8.42 Å². The van der Waals surface area contributed by atoms with Gasteiger partial charge in [-0.05, 0) is 32.4 Å². The first-order valence-corrected chi connectivity index (χ1v) is 8.03. The third-order valence-electron chi connectivity index (χ3n) is 2.93. The van der Waals surface area contributed by atoms with Crippen molar-refractivity contribution in [2.45, 2.75) is 57.4 Å². The van der Waals surface area contributed by atoms with E-state index < -0.39 is 10.0 Å². The molecule has 0 amide bonds. The number of hydrogen-bond acceptors (Lipinski definition) is 2. The Morgan fingerprint density at radius 1 is 1.17 bits per heavy atom. The van der Waals surface area contributed by atoms with E-state index in [1.165, 1.54) is 0 Å². The quantitative estimate of drug-likeness (QED) is 0.772. The lowest BCUT2D eigenvalue weighted by molar-refractivity contribution is 0.527. The summed E-state index contributed by atoms with van der Waals surface area (Å²) in [7, 11) is -3.36. The lowest BCUT2D eigenvalue weighted by Gasteiger charge is -2.14. The number of rotatable bonds is 7. The Labute approximate surface area is 111 Å². The van der Waals surface area contributed by atoms with Gasteiger partial charge in [-0.25, -0.2) is 13.1 Å². The molecule has 0 aromatic heterocycles. The number of hydrogen-bond donors (Lipinski definition) is 1. The first-order chi connectivity index (χ1) is 8.45. The van der Waals surface area contributed by atoms with Crippen molar-refractivity contribution in [2.24, 2.45) is 0 Å². The van der Waals surface area contributed by atoms with Crippen molar-refractivity contribution >= 4 is 10.0 Å². The molecule has 18 heavy (non-hydrogen) atoms. The zero-order valence-corrected chi connectivity index (χ0v) is 12.3. The molecule has 0 spiro atoms. The van der Waals surface area contributed by atoms with Crippen LogP contribution < -0.4 is 4.72 Å². The fourth-order valence-corrected chi connectivity index (χ4v) is 3.09. The van der Waals surface area contributed by atoms with Crippen molar-refractivity contribution in [3.8, 4) is 0 Å². The summed E-state index contributed by atoms with van der Waals surface area (Å²) in [4.78, 5) is 0.343. The fraction of sp³-hybridized carbons (Fsp3) is 0.571. The summed E-state index contributed by atoms with van der Waals surface area (Å²) in [6.07, 6.45) is 4.25. The van der Waals surface area contributed by atoms with E-state index in [4.69, 9.17) is 0 Å². The molecule has 0 bridgehead atoms. The Morgan fingerprint density at radius 2 is 1.78 bits per heavy atom. The van der Waals surface area contributed by atoms with Gasteiger partial charge in [-0.1, -0.05) is 43.9 Å². The Bertz CT molecular complexity index is 451. The molecule has 0 fully saturated rings. The molecule has 0 heterocycles. The summed E-state index contributed by atoms with van der Waals surface area (Å²) < 4.78 is 26.9. The van der Waals surface area contributed by atoms with Crippen LogP contribution in [0, 0.1) is 6.92 Å². The van der Waals surface area contributed by atoms with Crippen LogP contribution in [0.4, 0.5) is 0 Å². The molecule has 1 N–H and O–H groups in total. The average molecular weight is 269 g/mol. The van der Waals surface area contributed by atoms with Crippen molar-refractivity contribution in [1.29, 1.82) is 0 Å². The second-order valence-electron chi connectivity index (χ2n) is 4.83. The summed E-state index contributed by atoms with van der Waals surface area (Å²) in [6, 6.07) is 6.92. The highest BCUT2D eigenvalue weighted by Crippen LogP contribution is 2.12. The van der Waals surface area contributed by atoms with E-state index in [-0.39, 0.29) is 6.04 Å². The molecule has 0 unspecified atom stereocenters. The second-order valence-corrected chi connectivity index (χ2v) is 6.55. The Balaban J connectivity index is 2.61. The lowest BCUT2D eigenvalue weighted by atomic mass is 10.1. The van der Waals surface area contributed by atoms with Crippen molar-refractivity contribution in [1.82, 2.24) is 4.72 Å². The molecule has 1 rings (SSSR count). The molecule has 0 aliphatic heterocycles. The standard InChI is InChI=1S/C14H23NO2S/c1-4-5-6-7-13(3)15-18(16,17)14-10-8-12(2)9-11-14/h8-11,13,15H,4-7H2,1-3H3/t13-/m1/s1. The molecule has 102 valence electrons. The second kappa shape index (κ2) is 6.90. The molecule has 0 aliphatic carbocycles. The van der Waals surface area contributed by atoms with Gasteiger partial charge < -0.3 is 0 Å². The van der Waals surface area contributed by atoms with Crippen LogP contribution in [-0.4, -0.2) is 14.5 Å². The summed E-state index contributed by atoms with van der Waals surface area (Å²) >= 11 is 0. The van der Waals surface area contributed by atoms with Gasteiger partial charge >= 0.3 is 0 Å². The molecule has 4 heteroatoms. The van der Waals surface area contributed by atoms with Gasteiger partial charge in [-0.3, -0.25) is 0 Å². The Kier molecular flexibility index (Phi) is 5.82. The average Bonchev–Trinajstić information content (AvgIpc) is 2.29. The molecule has 0 saturated carbocycles. The SMILES string of the molecule is CCCCC[C@@H](C)NS(=O)(=O)c1ccc(C)cc1. The largest absolute Gasteiger partial charge is 0.240 e. The molecular weight excluding hydrogens is 246 g/mol. The maximum atomic E-state index is 12.1. The maximum absolute atomic E-state index is 12.1. The van der Waals surface area contributed by atoms with Crippen LogP contribution in [0.25, 0.3) is 0 Å². The molecule has 0 radical (unpaired) electrons. The monoisotopic (exact) mass is 269 g/mol. The normalized spacial score (nSPS) is 13.5. The van der Waals surface area contributed by atoms with Crippen molar-refractivity contribution < 1.29 is 8.42 Å². The van der Waals surface area contributed by atoms with Gasteiger partial charge in [-0.2, -0.15) is 0 Å². The van der Waals surface area contributed by atoms with E-state index in [1.807, 2.05) is 26.0 Å². The van der Waals surface area contributed by atoms with Crippen LogP contribution in [0.3, 0.4) is 0 Å². The molecule has 1 atom stereocenters. The highest BCUT2D eigenvalue weighted by Gasteiger charge is 2.16. The van der Waals surface area contributed by atoms with E-state index in [1.54, 1.807) is 12.1 Å². The van der Waals surface area contributed by atoms with Gasteiger partial charge in [0.15, 0.2) is 0 Å². The minimum atomic E-state index is -3.36. The topological polar surface area (TPSA) is 46.2 Å². The van der Waals surface area contributed by atoms with Gasteiger partial charge in [0.25, 0.3) is 0 Å². The molecular formula is C14H23NO2S. The summed E-state index contributed by atoms with van der Waals surface area (Å²) in [6.45, 7) is 6.00. The highest BCUT2D eigenvalue weighted by atomic mass is 32.2. The number of sulfonamides is 1. The molecule has 0 aliphatic rings. The zero-order chi connectivity index (χ0) is 13.6. The Hall–Kier alpha value is -0.870. The predicted molar refractivity (Wildman–Crippen MR) is 75.1 cm³/mol. The lowest BCUT2D eigenvalue weighted by Crippen LogP contribution is -2.32. The van der Waals surface area contributed by atoms with Crippen molar-refractivity contribution in [3.05, 3.63) is 29.8 Å². The highest BCUT2D eigenvalue weighted by molar-refractivity contribution is 7.89. The number of nitrogens with one attached hydrogen (secondary N) is 1. The third-order valence-corrected chi connectivity index (χ3v) is 4.53. The van der Waals surface area contributed by atoms with Crippen LogP contribution >= 0.6 is 0 Å². The summed E-state index contributed by atoms with van der Waals surface area (Å²) in [5, 5.41) is 0. The first-order valence-electron chi connectivity index (χ1n) is 6.54. The van der Waals surface area contributed by atoms with Crippen LogP contribution in [0.2, 0.25) is 0 Å². The van der Waals surface area contributed by atoms with Gasteiger partial charge in [0, 0.05) is 6.04 Å². The third kappa shape index (κ3) is 4.78. The minimum absolute atomic E-state index is 0.0112. The molecule has 0 saturated heterocycles. The van der Waals surface area contributed by atoms with Crippen LogP contribution in [0.5, 0.6) is 0 Å². The van der Waals surface area contributed by atoms with E-state index in [2.05, 4.69) is 11.6 Å². The van der Waals surface area contributed by atoms with Gasteiger partial charge in [0.05, 0.1) is 4.90 Å². The fourth-order valence-electron chi connectivity index (χ4n) is 1.81. The van der Waals surface area contributed by atoms with E-state index >= 15 is 0 Å². The van der Waals surface area contributed by atoms with Gasteiger partial charge in [0.1, 0.15) is 0 Å². The van der Waals surface area contributed by atoms with Crippen LogP contribution in [0.15, 0.2) is 29.2 Å². The molecule has 1 aromatic carbocycles. The Morgan fingerprint density at radius 3 is 2.33 bits per heavy atom.